The maximum Gasteiger partial charge on any atom is 0.303 e. The first-order valence-corrected chi connectivity index (χ1v) is 8.56. The number of rotatable bonds is 13. The molecule has 0 fully saturated rings. The summed E-state index contributed by atoms with van der Waals surface area (Å²) in [5.74, 6) is -0.857. The van der Waals surface area contributed by atoms with Crippen LogP contribution in [0, 0.1) is 0 Å². The highest BCUT2D eigenvalue weighted by Gasteiger charge is 2.01. The zero-order valence-electron chi connectivity index (χ0n) is 14.7. The summed E-state index contributed by atoms with van der Waals surface area (Å²) in [5, 5.41) is 37.2. The molecule has 3 unspecified atom stereocenters. The molecule has 4 N–H and O–H groups in total. The van der Waals surface area contributed by atoms with Crippen molar-refractivity contribution < 1.29 is 25.2 Å². The highest BCUT2D eigenvalue weighted by atomic mass is 16.4. The van der Waals surface area contributed by atoms with E-state index in [-0.39, 0.29) is 6.42 Å². The molecular formula is C20H30O5. The van der Waals surface area contributed by atoms with E-state index in [1.54, 1.807) is 54.7 Å². The van der Waals surface area contributed by atoms with Gasteiger partial charge in [0.15, 0.2) is 0 Å². The van der Waals surface area contributed by atoms with Crippen LogP contribution < -0.4 is 0 Å². The van der Waals surface area contributed by atoms with Crippen molar-refractivity contribution in [2.45, 2.75) is 57.3 Å². The zero-order chi connectivity index (χ0) is 18.9. The molecule has 0 rings (SSSR count). The molecule has 0 aromatic heterocycles. The van der Waals surface area contributed by atoms with Crippen molar-refractivity contribution in [3.05, 3.63) is 60.8 Å². The fraction of sp³-hybridized carbons (Fsp3) is 0.450. The molecule has 0 bridgehead atoms. The Morgan fingerprint density at radius 3 is 2.00 bits per heavy atom. The van der Waals surface area contributed by atoms with Gasteiger partial charge in [0.2, 0.25) is 0 Å². The Morgan fingerprint density at radius 2 is 1.40 bits per heavy atom. The third-order valence-electron chi connectivity index (χ3n) is 3.27. The van der Waals surface area contributed by atoms with Crippen molar-refractivity contribution in [1.29, 1.82) is 0 Å². The first-order chi connectivity index (χ1) is 12.0. The Balaban J connectivity index is 3.95. The molecule has 0 aliphatic carbocycles. The molecule has 0 saturated heterocycles. The lowest BCUT2D eigenvalue weighted by molar-refractivity contribution is -0.137. The molecule has 0 aromatic rings. The van der Waals surface area contributed by atoms with Crippen molar-refractivity contribution in [1.82, 2.24) is 0 Å². The number of aliphatic carboxylic acids is 1. The summed E-state index contributed by atoms with van der Waals surface area (Å²) in [6, 6.07) is 0. The van der Waals surface area contributed by atoms with Gasteiger partial charge in [-0.2, -0.15) is 0 Å². The monoisotopic (exact) mass is 350 g/mol. The molecular weight excluding hydrogens is 320 g/mol. The topological polar surface area (TPSA) is 98.0 Å². The number of aliphatic hydroxyl groups is 3. The van der Waals surface area contributed by atoms with Gasteiger partial charge < -0.3 is 20.4 Å². The average molecular weight is 350 g/mol. The van der Waals surface area contributed by atoms with E-state index in [0.717, 1.165) is 0 Å². The van der Waals surface area contributed by atoms with Crippen LogP contribution in [-0.2, 0) is 4.79 Å². The molecule has 5 nitrogen and oxygen atoms in total. The second kappa shape index (κ2) is 15.6. The summed E-state index contributed by atoms with van der Waals surface area (Å²) in [5.41, 5.74) is 0. The molecule has 0 amide bonds. The Morgan fingerprint density at radius 1 is 0.840 bits per heavy atom. The Labute approximate surface area is 150 Å². The first-order valence-electron chi connectivity index (χ1n) is 8.56. The van der Waals surface area contributed by atoms with Crippen LogP contribution in [0.5, 0.6) is 0 Å². The van der Waals surface area contributed by atoms with Crippen molar-refractivity contribution in [2.75, 3.05) is 0 Å². The molecule has 0 heterocycles. The van der Waals surface area contributed by atoms with E-state index in [9.17, 15) is 20.1 Å². The summed E-state index contributed by atoms with van der Waals surface area (Å²) in [6.45, 7) is 1.90. The van der Waals surface area contributed by atoms with Crippen LogP contribution >= 0.6 is 0 Å². The van der Waals surface area contributed by atoms with Crippen LogP contribution in [0.2, 0.25) is 0 Å². The molecule has 0 radical (unpaired) electrons. The number of aliphatic hydroxyl groups excluding tert-OH is 3. The molecule has 0 saturated carbocycles. The molecule has 3 atom stereocenters. The van der Waals surface area contributed by atoms with E-state index in [0.29, 0.717) is 25.7 Å². The van der Waals surface area contributed by atoms with Gasteiger partial charge in [0.05, 0.1) is 18.3 Å². The summed E-state index contributed by atoms with van der Waals surface area (Å²) in [4.78, 5) is 10.3. The quantitative estimate of drug-likeness (QED) is 0.383. The van der Waals surface area contributed by atoms with Crippen molar-refractivity contribution in [2.24, 2.45) is 0 Å². The summed E-state index contributed by atoms with van der Waals surface area (Å²) in [7, 11) is 0. The van der Waals surface area contributed by atoms with Gasteiger partial charge in [0.25, 0.3) is 0 Å². The van der Waals surface area contributed by atoms with E-state index in [4.69, 9.17) is 5.11 Å². The van der Waals surface area contributed by atoms with Crippen LogP contribution in [0.15, 0.2) is 60.8 Å². The number of carbonyl (C=O) groups is 1. The van der Waals surface area contributed by atoms with Crippen LogP contribution in [0.1, 0.15) is 39.0 Å². The number of carboxylic acid groups (broad SMARTS) is 1. The van der Waals surface area contributed by atoms with E-state index in [1.165, 1.54) is 0 Å². The third kappa shape index (κ3) is 16.7. The van der Waals surface area contributed by atoms with Crippen molar-refractivity contribution >= 4 is 5.97 Å². The van der Waals surface area contributed by atoms with E-state index in [2.05, 4.69) is 0 Å². The summed E-state index contributed by atoms with van der Waals surface area (Å²) < 4.78 is 0. The van der Waals surface area contributed by atoms with Crippen LogP contribution in [0.25, 0.3) is 0 Å². The van der Waals surface area contributed by atoms with Crippen molar-refractivity contribution in [3.8, 4) is 0 Å². The minimum absolute atomic E-state index is 0.0603. The van der Waals surface area contributed by atoms with Crippen molar-refractivity contribution in [3.63, 3.8) is 0 Å². The fourth-order valence-electron chi connectivity index (χ4n) is 1.78. The Hall–Kier alpha value is -1.95. The van der Waals surface area contributed by atoms with Gasteiger partial charge in [0.1, 0.15) is 0 Å². The lowest BCUT2D eigenvalue weighted by atomic mass is 10.1. The summed E-state index contributed by atoms with van der Waals surface area (Å²) >= 11 is 0. The lowest BCUT2D eigenvalue weighted by Crippen LogP contribution is -2.03. The van der Waals surface area contributed by atoms with Gasteiger partial charge >= 0.3 is 5.97 Å². The second-order valence-corrected chi connectivity index (χ2v) is 5.60. The number of allylic oxidation sites excluding steroid dienone is 6. The van der Waals surface area contributed by atoms with Gasteiger partial charge in [-0.25, -0.2) is 0 Å². The van der Waals surface area contributed by atoms with E-state index < -0.39 is 24.3 Å². The first kappa shape index (κ1) is 23.1. The zero-order valence-corrected chi connectivity index (χ0v) is 14.7. The predicted molar refractivity (Wildman–Crippen MR) is 100 cm³/mol. The molecule has 0 spiro atoms. The van der Waals surface area contributed by atoms with Crippen LogP contribution in [0.4, 0.5) is 0 Å². The highest BCUT2D eigenvalue weighted by Crippen LogP contribution is 2.02. The number of hydrogen-bond acceptors (Lipinski definition) is 4. The standard InChI is InChI=1S/C20H30O5/c1-2-17(21)11-8-5-9-14-18(22)12-6-3-4-7-13-19(23)15-10-16-20(24)25/h3-9,11-13,17-19,21-23H,2,10,14-16H2,1H3,(H,24,25)/b4-3+,9-5-,11-8-,12-6+,13-7+. The lowest BCUT2D eigenvalue weighted by Gasteiger charge is -2.02. The molecule has 0 aliphatic heterocycles. The average Bonchev–Trinajstić information content (AvgIpc) is 2.57. The normalized spacial score (nSPS) is 16.6. The van der Waals surface area contributed by atoms with Gasteiger partial charge in [0, 0.05) is 6.42 Å². The Kier molecular flexibility index (Phi) is 14.4. The summed E-state index contributed by atoms with van der Waals surface area (Å²) in [6.07, 6.45) is 17.6. The fourth-order valence-corrected chi connectivity index (χ4v) is 1.78. The number of carboxylic acids is 1. The van der Waals surface area contributed by atoms with Gasteiger partial charge in [-0.3, -0.25) is 4.79 Å². The maximum atomic E-state index is 10.3. The molecule has 25 heavy (non-hydrogen) atoms. The highest BCUT2D eigenvalue weighted by molar-refractivity contribution is 5.66. The molecule has 0 aromatic carbocycles. The van der Waals surface area contributed by atoms with Gasteiger partial charge in [-0.1, -0.05) is 67.7 Å². The molecule has 140 valence electrons. The van der Waals surface area contributed by atoms with Crippen LogP contribution in [0.3, 0.4) is 0 Å². The minimum atomic E-state index is -0.857. The molecule has 0 aliphatic rings. The number of hydrogen-bond donors (Lipinski definition) is 4. The molecule has 5 heteroatoms. The SMILES string of the molecule is CCC(O)/C=C\C=C/CC(O)/C=C/C=C/C=C/C(O)CCCC(=O)O. The Bertz CT molecular complexity index is 488. The van der Waals surface area contributed by atoms with Crippen LogP contribution in [-0.4, -0.2) is 44.7 Å². The maximum absolute atomic E-state index is 10.3. The predicted octanol–water partition coefficient (Wildman–Crippen LogP) is 2.91. The van der Waals surface area contributed by atoms with E-state index in [1.807, 2.05) is 13.0 Å². The van der Waals surface area contributed by atoms with Gasteiger partial charge in [-0.15, -0.1) is 0 Å². The minimum Gasteiger partial charge on any atom is -0.481 e. The largest absolute Gasteiger partial charge is 0.481 e. The van der Waals surface area contributed by atoms with E-state index >= 15 is 0 Å². The second-order valence-electron chi connectivity index (χ2n) is 5.60. The smallest absolute Gasteiger partial charge is 0.303 e. The van der Waals surface area contributed by atoms with Gasteiger partial charge in [-0.05, 0) is 25.7 Å². The third-order valence-corrected chi connectivity index (χ3v) is 3.27.